The standard InChI is InChI=1S/C20H22N2O3/c1-13-3-7-15(8-4-13)19(23)21-17-11-25-12-18(17)22-20(24)16-9-5-14(2)6-10-16/h3-10,17-18H,11-12H2,1-2H3,(H,21,23)(H,22,24)/t17-,18+. The molecule has 0 radical (unpaired) electrons. The fourth-order valence-electron chi connectivity index (χ4n) is 2.75. The average molecular weight is 338 g/mol. The molecule has 5 heteroatoms. The summed E-state index contributed by atoms with van der Waals surface area (Å²) >= 11 is 0. The first-order chi connectivity index (χ1) is 12.0. The van der Waals surface area contributed by atoms with E-state index in [-0.39, 0.29) is 23.9 Å². The van der Waals surface area contributed by atoms with Crippen molar-refractivity contribution in [1.29, 1.82) is 0 Å². The van der Waals surface area contributed by atoms with Gasteiger partial charge in [-0.2, -0.15) is 0 Å². The summed E-state index contributed by atoms with van der Waals surface area (Å²) in [6.45, 7) is 4.72. The van der Waals surface area contributed by atoms with E-state index in [9.17, 15) is 9.59 Å². The van der Waals surface area contributed by atoms with Gasteiger partial charge in [0.05, 0.1) is 25.3 Å². The van der Waals surface area contributed by atoms with Gasteiger partial charge in [0, 0.05) is 11.1 Å². The van der Waals surface area contributed by atoms with Gasteiger partial charge >= 0.3 is 0 Å². The van der Waals surface area contributed by atoms with Crippen LogP contribution in [0.1, 0.15) is 31.8 Å². The predicted octanol–water partition coefficient (Wildman–Crippen LogP) is 2.23. The number of amides is 2. The normalized spacial score (nSPS) is 19.4. The molecule has 3 rings (SSSR count). The summed E-state index contributed by atoms with van der Waals surface area (Å²) in [5, 5.41) is 5.90. The molecule has 1 heterocycles. The Bertz CT molecular complexity index is 688. The Labute approximate surface area is 147 Å². The summed E-state index contributed by atoms with van der Waals surface area (Å²) in [5.41, 5.74) is 3.40. The SMILES string of the molecule is Cc1ccc(C(=O)N[C@H]2COC[C@H]2NC(=O)c2ccc(C)cc2)cc1. The number of ether oxygens (including phenoxy) is 1. The van der Waals surface area contributed by atoms with Gasteiger partial charge in [0.1, 0.15) is 0 Å². The molecule has 2 aromatic rings. The second kappa shape index (κ2) is 7.49. The Morgan fingerprint density at radius 2 is 1.12 bits per heavy atom. The second-order valence-electron chi connectivity index (χ2n) is 6.43. The number of carbonyl (C=O) groups is 2. The molecular weight excluding hydrogens is 316 g/mol. The quantitative estimate of drug-likeness (QED) is 0.898. The van der Waals surface area contributed by atoms with Crippen molar-refractivity contribution in [2.24, 2.45) is 0 Å². The molecule has 25 heavy (non-hydrogen) atoms. The Kier molecular flexibility index (Phi) is 5.14. The molecule has 1 aliphatic rings. The van der Waals surface area contributed by atoms with Gasteiger partial charge in [-0.05, 0) is 38.1 Å². The first-order valence-corrected chi connectivity index (χ1v) is 8.36. The molecule has 0 aliphatic carbocycles. The monoisotopic (exact) mass is 338 g/mol. The Balaban J connectivity index is 1.62. The molecule has 1 aliphatic heterocycles. The maximum atomic E-state index is 12.4. The van der Waals surface area contributed by atoms with Gasteiger partial charge in [0.25, 0.3) is 11.8 Å². The maximum Gasteiger partial charge on any atom is 0.251 e. The highest BCUT2D eigenvalue weighted by Crippen LogP contribution is 2.10. The first kappa shape index (κ1) is 17.2. The van der Waals surface area contributed by atoms with Crippen LogP contribution in [0.5, 0.6) is 0 Å². The van der Waals surface area contributed by atoms with Crippen LogP contribution in [0.4, 0.5) is 0 Å². The molecule has 2 N–H and O–H groups in total. The van der Waals surface area contributed by atoms with E-state index < -0.39 is 0 Å². The Morgan fingerprint density at radius 1 is 0.760 bits per heavy atom. The van der Waals surface area contributed by atoms with Crippen LogP contribution in [0.2, 0.25) is 0 Å². The van der Waals surface area contributed by atoms with E-state index in [1.807, 2.05) is 38.1 Å². The average Bonchev–Trinajstić information content (AvgIpc) is 3.02. The largest absolute Gasteiger partial charge is 0.377 e. The summed E-state index contributed by atoms with van der Waals surface area (Å²) in [6.07, 6.45) is 0. The van der Waals surface area contributed by atoms with E-state index in [4.69, 9.17) is 4.74 Å². The van der Waals surface area contributed by atoms with Gasteiger partial charge in [-0.1, -0.05) is 35.4 Å². The number of benzene rings is 2. The van der Waals surface area contributed by atoms with Crippen LogP contribution in [0, 0.1) is 13.8 Å². The molecular formula is C20H22N2O3. The van der Waals surface area contributed by atoms with Crippen LogP contribution in [-0.2, 0) is 4.74 Å². The lowest BCUT2D eigenvalue weighted by Crippen LogP contribution is -2.51. The summed E-state index contributed by atoms with van der Waals surface area (Å²) in [7, 11) is 0. The molecule has 2 atom stereocenters. The van der Waals surface area contributed by atoms with Crippen molar-refractivity contribution in [2.75, 3.05) is 13.2 Å². The highest BCUT2D eigenvalue weighted by atomic mass is 16.5. The van der Waals surface area contributed by atoms with Crippen molar-refractivity contribution in [3.05, 3.63) is 70.8 Å². The smallest absolute Gasteiger partial charge is 0.251 e. The van der Waals surface area contributed by atoms with Gasteiger partial charge < -0.3 is 15.4 Å². The van der Waals surface area contributed by atoms with E-state index in [2.05, 4.69) is 10.6 Å². The molecule has 2 aromatic carbocycles. The molecule has 0 spiro atoms. The molecule has 0 saturated carbocycles. The van der Waals surface area contributed by atoms with E-state index in [0.29, 0.717) is 24.3 Å². The van der Waals surface area contributed by atoms with E-state index in [0.717, 1.165) is 11.1 Å². The third-order valence-corrected chi connectivity index (χ3v) is 4.34. The van der Waals surface area contributed by atoms with Crippen LogP contribution in [0.25, 0.3) is 0 Å². The molecule has 1 saturated heterocycles. The number of carbonyl (C=O) groups excluding carboxylic acids is 2. The topological polar surface area (TPSA) is 67.4 Å². The van der Waals surface area contributed by atoms with Gasteiger partial charge in [0.15, 0.2) is 0 Å². The van der Waals surface area contributed by atoms with E-state index in [1.165, 1.54) is 0 Å². The zero-order valence-electron chi connectivity index (χ0n) is 14.4. The molecule has 2 amide bonds. The van der Waals surface area contributed by atoms with Crippen molar-refractivity contribution in [1.82, 2.24) is 10.6 Å². The predicted molar refractivity (Wildman–Crippen MR) is 95.7 cm³/mol. The van der Waals surface area contributed by atoms with Crippen molar-refractivity contribution in [3.8, 4) is 0 Å². The van der Waals surface area contributed by atoms with Crippen LogP contribution in [0.15, 0.2) is 48.5 Å². The summed E-state index contributed by atoms with van der Waals surface area (Å²) in [6, 6.07) is 14.3. The minimum absolute atomic E-state index is 0.162. The lowest BCUT2D eigenvalue weighted by molar-refractivity contribution is 0.0896. The fourth-order valence-corrected chi connectivity index (χ4v) is 2.75. The van der Waals surface area contributed by atoms with Gasteiger partial charge in [0.2, 0.25) is 0 Å². The summed E-state index contributed by atoms with van der Waals surface area (Å²) < 4.78 is 5.45. The zero-order chi connectivity index (χ0) is 17.8. The van der Waals surface area contributed by atoms with Crippen LogP contribution < -0.4 is 10.6 Å². The lowest BCUT2D eigenvalue weighted by Gasteiger charge is -2.20. The summed E-state index contributed by atoms with van der Waals surface area (Å²) in [5.74, 6) is -0.324. The third-order valence-electron chi connectivity index (χ3n) is 4.34. The van der Waals surface area contributed by atoms with Crippen molar-refractivity contribution < 1.29 is 14.3 Å². The molecule has 5 nitrogen and oxygen atoms in total. The minimum Gasteiger partial charge on any atom is -0.377 e. The lowest BCUT2D eigenvalue weighted by atomic mass is 10.1. The van der Waals surface area contributed by atoms with Crippen LogP contribution >= 0.6 is 0 Å². The Hall–Kier alpha value is -2.66. The van der Waals surface area contributed by atoms with E-state index in [1.54, 1.807) is 24.3 Å². The van der Waals surface area contributed by atoms with Gasteiger partial charge in [-0.3, -0.25) is 9.59 Å². The van der Waals surface area contributed by atoms with Crippen LogP contribution in [-0.4, -0.2) is 37.1 Å². The highest BCUT2D eigenvalue weighted by Gasteiger charge is 2.31. The third kappa shape index (κ3) is 4.25. The number of nitrogens with one attached hydrogen (secondary N) is 2. The number of hydrogen-bond acceptors (Lipinski definition) is 3. The second-order valence-corrected chi connectivity index (χ2v) is 6.43. The summed E-state index contributed by atoms with van der Waals surface area (Å²) in [4.78, 5) is 24.7. The van der Waals surface area contributed by atoms with Crippen LogP contribution in [0.3, 0.4) is 0 Å². The Morgan fingerprint density at radius 3 is 1.48 bits per heavy atom. The molecule has 0 bridgehead atoms. The van der Waals surface area contributed by atoms with Crippen molar-refractivity contribution in [3.63, 3.8) is 0 Å². The number of rotatable bonds is 4. The number of aryl methyl sites for hydroxylation is 2. The van der Waals surface area contributed by atoms with E-state index >= 15 is 0 Å². The highest BCUT2D eigenvalue weighted by molar-refractivity contribution is 5.95. The molecule has 0 aromatic heterocycles. The van der Waals surface area contributed by atoms with Crippen molar-refractivity contribution >= 4 is 11.8 Å². The maximum absolute atomic E-state index is 12.4. The number of hydrogen-bond donors (Lipinski definition) is 2. The molecule has 130 valence electrons. The molecule has 1 fully saturated rings. The minimum atomic E-state index is -0.247. The van der Waals surface area contributed by atoms with Crippen molar-refractivity contribution in [2.45, 2.75) is 25.9 Å². The van der Waals surface area contributed by atoms with Gasteiger partial charge in [-0.15, -0.1) is 0 Å². The fraction of sp³-hybridized carbons (Fsp3) is 0.300. The molecule has 0 unspecified atom stereocenters. The van der Waals surface area contributed by atoms with Gasteiger partial charge in [-0.25, -0.2) is 0 Å². The first-order valence-electron chi connectivity index (χ1n) is 8.36. The zero-order valence-corrected chi connectivity index (χ0v) is 14.4.